The second kappa shape index (κ2) is 6.86. The van der Waals surface area contributed by atoms with Gasteiger partial charge >= 0.3 is 0 Å². The summed E-state index contributed by atoms with van der Waals surface area (Å²) in [6.45, 7) is 5.02. The normalized spacial score (nSPS) is 12.4. The van der Waals surface area contributed by atoms with Crippen molar-refractivity contribution in [3.8, 4) is 5.75 Å². The van der Waals surface area contributed by atoms with Crippen molar-refractivity contribution in [2.75, 3.05) is 13.7 Å². The van der Waals surface area contributed by atoms with Gasteiger partial charge in [-0.25, -0.2) is 4.39 Å². The topological polar surface area (TPSA) is 21.3 Å². The number of hydrogen-bond acceptors (Lipinski definition) is 3. The standard InChI is InChI=1S/C16H20FNOS/c1-4-18-13(16-11(2)8-9-20-16)10-12-6-5-7-14(19-3)15(12)17/h5-9,13,18H,4,10H2,1-3H3. The third kappa shape index (κ3) is 3.19. The van der Waals surface area contributed by atoms with Crippen molar-refractivity contribution >= 4 is 11.3 Å². The van der Waals surface area contributed by atoms with Gasteiger partial charge in [0.1, 0.15) is 0 Å². The lowest BCUT2D eigenvalue weighted by atomic mass is 10.0. The molecule has 0 spiro atoms. The van der Waals surface area contributed by atoms with Crippen LogP contribution in [0.4, 0.5) is 4.39 Å². The quantitative estimate of drug-likeness (QED) is 0.866. The van der Waals surface area contributed by atoms with Crippen molar-refractivity contribution < 1.29 is 9.13 Å². The predicted octanol–water partition coefficient (Wildman–Crippen LogP) is 4.10. The van der Waals surface area contributed by atoms with Gasteiger partial charge in [-0.3, -0.25) is 0 Å². The minimum Gasteiger partial charge on any atom is -0.494 e. The van der Waals surface area contributed by atoms with E-state index in [1.54, 1.807) is 17.4 Å². The average molecular weight is 293 g/mol. The second-order valence-corrected chi connectivity index (χ2v) is 5.66. The fourth-order valence-corrected chi connectivity index (χ4v) is 3.34. The zero-order valence-corrected chi connectivity index (χ0v) is 12.9. The molecule has 1 unspecified atom stereocenters. The summed E-state index contributed by atoms with van der Waals surface area (Å²) in [5.41, 5.74) is 1.94. The van der Waals surface area contributed by atoms with Crippen LogP contribution in [0.3, 0.4) is 0 Å². The van der Waals surface area contributed by atoms with Crippen LogP contribution >= 0.6 is 11.3 Å². The maximum atomic E-state index is 14.3. The highest BCUT2D eigenvalue weighted by molar-refractivity contribution is 7.10. The smallest absolute Gasteiger partial charge is 0.168 e. The van der Waals surface area contributed by atoms with E-state index in [-0.39, 0.29) is 11.9 Å². The van der Waals surface area contributed by atoms with Crippen LogP contribution in [0.15, 0.2) is 29.6 Å². The van der Waals surface area contributed by atoms with E-state index in [0.717, 1.165) is 6.54 Å². The van der Waals surface area contributed by atoms with Crippen LogP contribution in [0.5, 0.6) is 5.75 Å². The van der Waals surface area contributed by atoms with Gasteiger partial charge in [-0.2, -0.15) is 0 Å². The van der Waals surface area contributed by atoms with Crippen molar-refractivity contribution in [3.05, 3.63) is 51.5 Å². The molecule has 2 aromatic rings. The lowest BCUT2D eigenvalue weighted by molar-refractivity contribution is 0.382. The molecule has 0 bridgehead atoms. The highest BCUT2D eigenvalue weighted by atomic mass is 32.1. The number of hydrogen-bond donors (Lipinski definition) is 1. The Morgan fingerprint density at radius 2 is 2.15 bits per heavy atom. The molecule has 2 rings (SSSR count). The molecule has 1 heterocycles. The first-order valence-corrected chi connectivity index (χ1v) is 7.64. The van der Waals surface area contributed by atoms with Gasteiger partial charge in [0.05, 0.1) is 7.11 Å². The SMILES string of the molecule is CCNC(Cc1cccc(OC)c1F)c1sccc1C. The fraction of sp³-hybridized carbons (Fsp3) is 0.375. The number of methoxy groups -OCH3 is 1. The molecule has 0 amide bonds. The number of benzene rings is 1. The molecule has 1 aromatic carbocycles. The molecule has 1 atom stereocenters. The van der Waals surface area contributed by atoms with E-state index in [9.17, 15) is 4.39 Å². The minimum atomic E-state index is -0.257. The molecule has 0 fully saturated rings. The summed E-state index contributed by atoms with van der Waals surface area (Å²) in [4.78, 5) is 1.27. The number of likely N-dealkylation sites (N-methyl/N-ethyl adjacent to an activating group) is 1. The molecule has 2 nitrogen and oxygen atoms in total. The fourth-order valence-electron chi connectivity index (χ4n) is 2.34. The number of ether oxygens (including phenoxy) is 1. The lowest BCUT2D eigenvalue weighted by Gasteiger charge is -2.18. The van der Waals surface area contributed by atoms with Crippen LogP contribution in [0.1, 0.15) is 29.0 Å². The van der Waals surface area contributed by atoms with E-state index in [1.807, 2.05) is 12.1 Å². The molecule has 0 aliphatic heterocycles. The van der Waals surface area contributed by atoms with Gasteiger partial charge in [-0.1, -0.05) is 19.1 Å². The molecular formula is C16H20FNOS. The van der Waals surface area contributed by atoms with E-state index < -0.39 is 0 Å². The molecule has 0 saturated heterocycles. The van der Waals surface area contributed by atoms with Crippen molar-refractivity contribution in [2.45, 2.75) is 26.3 Å². The Bertz CT molecular complexity index is 567. The molecular weight excluding hydrogens is 273 g/mol. The molecule has 0 saturated carbocycles. The van der Waals surface area contributed by atoms with Crippen molar-refractivity contribution in [1.82, 2.24) is 5.32 Å². The molecule has 1 N–H and O–H groups in total. The summed E-state index contributed by atoms with van der Waals surface area (Å²) >= 11 is 1.72. The Morgan fingerprint density at radius 1 is 1.35 bits per heavy atom. The summed E-state index contributed by atoms with van der Waals surface area (Å²) in [5, 5.41) is 5.52. The number of rotatable bonds is 6. The van der Waals surface area contributed by atoms with Crippen LogP contribution in [-0.2, 0) is 6.42 Å². The van der Waals surface area contributed by atoms with Gasteiger partial charge in [0.15, 0.2) is 11.6 Å². The summed E-state index contributed by atoms with van der Waals surface area (Å²) in [6, 6.07) is 7.55. The Hall–Kier alpha value is -1.39. The molecule has 108 valence electrons. The number of thiophene rings is 1. The summed E-state index contributed by atoms with van der Waals surface area (Å²) in [6.07, 6.45) is 0.623. The highest BCUT2D eigenvalue weighted by Crippen LogP contribution is 2.29. The molecule has 0 aliphatic carbocycles. The molecule has 1 aromatic heterocycles. The first-order valence-electron chi connectivity index (χ1n) is 6.76. The summed E-state index contributed by atoms with van der Waals surface area (Å²) < 4.78 is 19.3. The van der Waals surface area contributed by atoms with Crippen LogP contribution in [0.25, 0.3) is 0 Å². The summed E-state index contributed by atoms with van der Waals surface area (Å²) in [5.74, 6) is 0.0489. The second-order valence-electron chi connectivity index (χ2n) is 4.72. The minimum absolute atomic E-state index is 0.140. The zero-order valence-electron chi connectivity index (χ0n) is 12.1. The highest BCUT2D eigenvalue weighted by Gasteiger charge is 2.18. The zero-order chi connectivity index (χ0) is 14.5. The number of aryl methyl sites for hydroxylation is 1. The molecule has 0 aliphatic rings. The Morgan fingerprint density at radius 3 is 2.75 bits per heavy atom. The van der Waals surface area contributed by atoms with Crippen LogP contribution in [-0.4, -0.2) is 13.7 Å². The van der Waals surface area contributed by atoms with E-state index in [1.165, 1.54) is 17.6 Å². The van der Waals surface area contributed by atoms with Gasteiger partial charge in [-0.05, 0) is 48.5 Å². The monoisotopic (exact) mass is 293 g/mol. The van der Waals surface area contributed by atoms with Crippen LogP contribution in [0.2, 0.25) is 0 Å². The van der Waals surface area contributed by atoms with Crippen molar-refractivity contribution in [3.63, 3.8) is 0 Å². The van der Waals surface area contributed by atoms with Crippen LogP contribution < -0.4 is 10.1 Å². The molecule has 0 radical (unpaired) electrons. The van der Waals surface area contributed by atoms with Gasteiger partial charge in [-0.15, -0.1) is 11.3 Å². The van der Waals surface area contributed by atoms with Gasteiger partial charge in [0.25, 0.3) is 0 Å². The van der Waals surface area contributed by atoms with E-state index in [4.69, 9.17) is 4.74 Å². The largest absolute Gasteiger partial charge is 0.494 e. The van der Waals surface area contributed by atoms with Crippen molar-refractivity contribution in [2.24, 2.45) is 0 Å². The average Bonchev–Trinajstić information content (AvgIpc) is 2.86. The Kier molecular flexibility index (Phi) is 5.15. The maximum absolute atomic E-state index is 14.3. The van der Waals surface area contributed by atoms with E-state index >= 15 is 0 Å². The molecule has 20 heavy (non-hydrogen) atoms. The third-order valence-electron chi connectivity index (χ3n) is 3.36. The van der Waals surface area contributed by atoms with Gasteiger partial charge in [0.2, 0.25) is 0 Å². The number of nitrogens with one attached hydrogen (secondary N) is 1. The van der Waals surface area contributed by atoms with E-state index in [2.05, 4.69) is 30.6 Å². The van der Waals surface area contributed by atoms with E-state index in [0.29, 0.717) is 17.7 Å². The van der Waals surface area contributed by atoms with Gasteiger partial charge in [0, 0.05) is 10.9 Å². The first kappa shape index (κ1) is 15.0. The first-order chi connectivity index (χ1) is 9.67. The summed E-state index contributed by atoms with van der Waals surface area (Å²) in [7, 11) is 1.49. The van der Waals surface area contributed by atoms with Crippen LogP contribution in [0, 0.1) is 12.7 Å². The maximum Gasteiger partial charge on any atom is 0.168 e. The molecule has 4 heteroatoms. The van der Waals surface area contributed by atoms with Crippen molar-refractivity contribution in [1.29, 1.82) is 0 Å². The predicted molar refractivity (Wildman–Crippen MR) is 82.1 cm³/mol. The van der Waals surface area contributed by atoms with Gasteiger partial charge < -0.3 is 10.1 Å². The Balaban J connectivity index is 2.27. The Labute approximate surface area is 123 Å². The third-order valence-corrected chi connectivity index (χ3v) is 4.49. The lowest BCUT2D eigenvalue weighted by Crippen LogP contribution is -2.23. The number of halogens is 1.